The number of likely N-dealkylation sites (tertiary alicyclic amines) is 1. The van der Waals surface area contributed by atoms with Crippen LogP contribution in [0.3, 0.4) is 0 Å². The topological polar surface area (TPSA) is 53.0 Å². The third kappa shape index (κ3) is 3.73. The lowest BCUT2D eigenvalue weighted by Crippen LogP contribution is -2.43. The molecule has 1 atom stereocenters. The average molecular weight is 332 g/mol. The van der Waals surface area contributed by atoms with E-state index in [2.05, 4.69) is 18.9 Å². The van der Waals surface area contributed by atoms with Gasteiger partial charge in [-0.25, -0.2) is 0 Å². The fourth-order valence-electron chi connectivity index (χ4n) is 3.81. The number of nitrogens with zero attached hydrogens (tertiary/aromatic N) is 2. The molecule has 1 spiro atoms. The van der Waals surface area contributed by atoms with Crippen LogP contribution in [0.1, 0.15) is 36.5 Å². The molecule has 0 aliphatic carbocycles. The minimum absolute atomic E-state index is 0.0611. The van der Waals surface area contributed by atoms with Crippen LogP contribution in [-0.2, 0) is 4.74 Å². The number of piperidine rings is 1. The summed E-state index contributed by atoms with van der Waals surface area (Å²) in [7, 11) is 2.13. The maximum atomic E-state index is 12.6. The molecule has 5 heteroatoms. The first kappa shape index (κ1) is 17.2. The maximum Gasteiger partial charge on any atom is 0.253 e. The zero-order chi connectivity index (χ0) is 17.2. The van der Waals surface area contributed by atoms with Gasteiger partial charge in [0.25, 0.3) is 5.91 Å². The second kappa shape index (κ2) is 7.11. The van der Waals surface area contributed by atoms with E-state index in [1.165, 1.54) is 0 Å². The molecular formula is C19H28N2O3. The predicted molar refractivity (Wildman–Crippen MR) is 93.2 cm³/mol. The van der Waals surface area contributed by atoms with Crippen molar-refractivity contribution in [2.24, 2.45) is 5.41 Å². The number of likely N-dealkylation sites (N-methyl/N-ethyl adjacent to an activating group) is 1. The number of ether oxygens (including phenoxy) is 1. The minimum atomic E-state index is 0.0611. The number of aromatic hydroxyl groups is 1. The number of carbonyl (C=O) groups excluding carboxylic acids is 1. The Balaban J connectivity index is 1.54. The average Bonchev–Trinajstić information content (AvgIpc) is 2.98. The van der Waals surface area contributed by atoms with Crippen LogP contribution in [-0.4, -0.2) is 66.8 Å². The Morgan fingerprint density at radius 1 is 1.33 bits per heavy atom. The van der Waals surface area contributed by atoms with Crippen molar-refractivity contribution in [3.63, 3.8) is 0 Å². The summed E-state index contributed by atoms with van der Waals surface area (Å²) in [5.41, 5.74) is 0.902. The van der Waals surface area contributed by atoms with Crippen molar-refractivity contribution in [1.82, 2.24) is 9.80 Å². The zero-order valence-electron chi connectivity index (χ0n) is 14.7. The number of rotatable bonds is 4. The number of hydrogen-bond acceptors (Lipinski definition) is 4. The van der Waals surface area contributed by atoms with Crippen molar-refractivity contribution in [3.05, 3.63) is 29.8 Å². The molecule has 1 amide bonds. The van der Waals surface area contributed by atoms with Crippen LogP contribution < -0.4 is 0 Å². The van der Waals surface area contributed by atoms with Gasteiger partial charge in [-0.15, -0.1) is 0 Å². The molecule has 24 heavy (non-hydrogen) atoms. The molecule has 2 aliphatic rings. The second-order valence-electron chi connectivity index (χ2n) is 7.33. The lowest BCUT2D eigenvalue weighted by molar-refractivity contribution is 0.0463. The van der Waals surface area contributed by atoms with Gasteiger partial charge in [0.15, 0.2) is 0 Å². The Morgan fingerprint density at radius 2 is 2.00 bits per heavy atom. The molecule has 0 radical (unpaired) electrons. The van der Waals surface area contributed by atoms with Crippen LogP contribution >= 0.6 is 0 Å². The molecule has 2 heterocycles. The first-order valence-corrected chi connectivity index (χ1v) is 8.90. The maximum absolute atomic E-state index is 12.6. The summed E-state index contributed by atoms with van der Waals surface area (Å²) in [6.45, 7) is 6.61. The summed E-state index contributed by atoms with van der Waals surface area (Å²) < 4.78 is 6.04. The monoisotopic (exact) mass is 332 g/mol. The highest BCUT2D eigenvalue weighted by Crippen LogP contribution is 2.42. The van der Waals surface area contributed by atoms with Crippen LogP contribution in [0.25, 0.3) is 0 Å². The number of amides is 1. The first-order chi connectivity index (χ1) is 11.5. The van der Waals surface area contributed by atoms with E-state index in [-0.39, 0.29) is 17.1 Å². The lowest BCUT2D eigenvalue weighted by Gasteiger charge is -2.38. The molecule has 5 nitrogen and oxygen atoms in total. The summed E-state index contributed by atoms with van der Waals surface area (Å²) in [4.78, 5) is 16.8. The lowest BCUT2D eigenvalue weighted by atomic mass is 9.76. The second-order valence-corrected chi connectivity index (χ2v) is 7.33. The van der Waals surface area contributed by atoms with Crippen LogP contribution in [0, 0.1) is 5.41 Å². The molecule has 2 fully saturated rings. The molecule has 132 valence electrons. The molecule has 0 saturated carbocycles. The first-order valence-electron chi connectivity index (χ1n) is 8.90. The van der Waals surface area contributed by atoms with Gasteiger partial charge in [0, 0.05) is 25.2 Å². The highest BCUT2D eigenvalue weighted by atomic mass is 16.5. The molecule has 0 aromatic heterocycles. The summed E-state index contributed by atoms with van der Waals surface area (Å²) in [6, 6.07) is 6.52. The molecule has 1 aromatic carbocycles. The molecule has 3 rings (SSSR count). The molecule has 2 saturated heterocycles. The smallest absolute Gasteiger partial charge is 0.253 e. The van der Waals surface area contributed by atoms with Crippen molar-refractivity contribution in [3.8, 4) is 5.75 Å². The largest absolute Gasteiger partial charge is 0.508 e. The molecule has 1 N–H and O–H groups in total. The van der Waals surface area contributed by atoms with E-state index in [4.69, 9.17) is 4.74 Å². The van der Waals surface area contributed by atoms with Crippen LogP contribution in [0.4, 0.5) is 0 Å². The summed E-state index contributed by atoms with van der Waals surface area (Å²) in [5.74, 6) is 0.251. The summed E-state index contributed by atoms with van der Waals surface area (Å²) in [6.07, 6.45) is 3.47. The van der Waals surface area contributed by atoms with Crippen LogP contribution in [0.5, 0.6) is 5.75 Å². The van der Waals surface area contributed by atoms with Gasteiger partial charge >= 0.3 is 0 Å². The molecule has 0 unspecified atom stereocenters. The minimum Gasteiger partial charge on any atom is -0.508 e. The van der Waals surface area contributed by atoms with Gasteiger partial charge in [-0.05, 0) is 62.5 Å². The number of hydrogen-bond donors (Lipinski definition) is 1. The highest BCUT2D eigenvalue weighted by molar-refractivity contribution is 5.94. The standard InChI is InChI=1S/C19H28N2O3/c1-3-20(2)13-17-12-19(14-24-17)8-10-21(11-9-19)18(23)15-4-6-16(22)7-5-15/h4-7,17,22H,3,8-14H2,1-2H3/t17-/m0/s1. The van der Waals surface area contributed by atoms with Crippen molar-refractivity contribution < 1.29 is 14.6 Å². The van der Waals surface area contributed by atoms with Crippen molar-refractivity contribution >= 4 is 5.91 Å². The fraction of sp³-hybridized carbons (Fsp3) is 0.632. The van der Waals surface area contributed by atoms with Gasteiger partial charge in [-0.1, -0.05) is 6.92 Å². The molecular weight excluding hydrogens is 304 g/mol. The Bertz CT molecular complexity index is 564. The van der Waals surface area contributed by atoms with Gasteiger partial charge in [-0.2, -0.15) is 0 Å². The van der Waals surface area contributed by atoms with Crippen LogP contribution in [0.15, 0.2) is 24.3 Å². The predicted octanol–water partition coefficient (Wildman–Crippen LogP) is 2.36. The molecule has 2 aliphatic heterocycles. The third-order valence-corrected chi connectivity index (χ3v) is 5.57. The van der Waals surface area contributed by atoms with E-state index in [0.29, 0.717) is 11.7 Å². The van der Waals surface area contributed by atoms with Gasteiger partial charge in [0.2, 0.25) is 0 Å². The van der Waals surface area contributed by atoms with Crippen molar-refractivity contribution in [1.29, 1.82) is 0 Å². The highest BCUT2D eigenvalue weighted by Gasteiger charge is 2.43. The third-order valence-electron chi connectivity index (χ3n) is 5.57. The van der Waals surface area contributed by atoms with Crippen molar-refractivity contribution in [2.75, 3.05) is 39.8 Å². The van der Waals surface area contributed by atoms with Crippen molar-refractivity contribution in [2.45, 2.75) is 32.3 Å². The Kier molecular flexibility index (Phi) is 5.11. The van der Waals surface area contributed by atoms with E-state index >= 15 is 0 Å². The van der Waals surface area contributed by atoms with Gasteiger partial charge in [0.1, 0.15) is 5.75 Å². The van der Waals surface area contributed by atoms with E-state index in [9.17, 15) is 9.90 Å². The number of benzene rings is 1. The fourth-order valence-corrected chi connectivity index (χ4v) is 3.81. The van der Waals surface area contributed by atoms with Gasteiger partial charge < -0.3 is 19.6 Å². The Morgan fingerprint density at radius 3 is 2.62 bits per heavy atom. The summed E-state index contributed by atoms with van der Waals surface area (Å²) >= 11 is 0. The number of carbonyl (C=O) groups is 1. The normalized spacial score (nSPS) is 23.1. The molecule has 0 bridgehead atoms. The van der Waals surface area contributed by atoms with E-state index in [0.717, 1.165) is 52.0 Å². The van der Waals surface area contributed by atoms with Gasteiger partial charge in [-0.3, -0.25) is 4.79 Å². The van der Waals surface area contributed by atoms with Gasteiger partial charge in [0.05, 0.1) is 12.7 Å². The summed E-state index contributed by atoms with van der Waals surface area (Å²) in [5, 5.41) is 9.35. The SMILES string of the molecule is CCN(C)C[C@@H]1CC2(CCN(C(=O)c3ccc(O)cc3)CC2)CO1. The Hall–Kier alpha value is -1.59. The number of phenols is 1. The zero-order valence-corrected chi connectivity index (χ0v) is 14.7. The number of phenolic OH excluding ortho intramolecular Hbond substituents is 1. The van der Waals surface area contributed by atoms with E-state index < -0.39 is 0 Å². The molecule has 1 aromatic rings. The Labute approximate surface area is 144 Å². The van der Waals surface area contributed by atoms with Crippen LogP contribution in [0.2, 0.25) is 0 Å². The quantitative estimate of drug-likeness (QED) is 0.920. The van der Waals surface area contributed by atoms with E-state index in [1.807, 2.05) is 4.90 Å². The van der Waals surface area contributed by atoms with E-state index in [1.54, 1.807) is 24.3 Å².